The lowest BCUT2D eigenvalue weighted by Crippen LogP contribution is -1.98. The lowest BCUT2D eigenvalue weighted by Gasteiger charge is -1.99. The quantitative estimate of drug-likeness (QED) is 0.599. The Morgan fingerprint density at radius 1 is 1.43 bits per heavy atom. The number of hydrogen-bond acceptors (Lipinski definition) is 2. The highest BCUT2D eigenvalue weighted by molar-refractivity contribution is 5.99. The van der Waals surface area contributed by atoms with Crippen molar-refractivity contribution in [2.24, 2.45) is 0 Å². The van der Waals surface area contributed by atoms with Crippen LogP contribution in [0.1, 0.15) is 16.1 Å². The van der Waals surface area contributed by atoms with Gasteiger partial charge in [-0.1, -0.05) is 0 Å². The topological polar surface area (TPSA) is 79.1 Å². The Kier molecular flexibility index (Phi) is 1.70. The third kappa shape index (κ3) is 1.21. The number of carbonyl (C=O) groups is 1. The fraction of sp³-hybridized carbons (Fsp3) is 0.100. The number of benzene rings is 1. The molecule has 72 valence electrons. The van der Waals surface area contributed by atoms with Gasteiger partial charge in [0.2, 0.25) is 0 Å². The summed E-state index contributed by atoms with van der Waals surface area (Å²) < 4.78 is 0. The second-order valence-corrected chi connectivity index (χ2v) is 3.29. The number of carboxylic acids is 1. The van der Waals surface area contributed by atoms with E-state index < -0.39 is 5.97 Å². The first kappa shape index (κ1) is 8.62. The molecular formula is C10H10N2O2. The van der Waals surface area contributed by atoms with E-state index in [1.54, 1.807) is 6.07 Å². The molecule has 0 radical (unpaired) electrons. The summed E-state index contributed by atoms with van der Waals surface area (Å²) in [4.78, 5) is 13.8. The molecule has 0 bridgehead atoms. The Bertz CT molecular complexity index is 514. The van der Waals surface area contributed by atoms with Crippen LogP contribution in [0.5, 0.6) is 0 Å². The number of H-pyrrole nitrogens is 1. The van der Waals surface area contributed by atoms with E-state index >= 15 is 0 Å². The highest BCUT2D eigenvalue weighted by atomic mass is 16.4. The molecule has 0 saturated heterocycles. The number of hydrogen-bond donors (Lipinski definition) is 3. The first-order valence-corrected chi connectivity index (χ1v) is 4.20. The van der Waals surface area contributed by atoms with E-state index in [1.165, 1.54) is 6.07 Å². The number of carboxylic acid groups (broad SMARTS) is 1. The van der Waals surface area contributed by atoms with Gasteiger partial charge in [-0.2, -0.15) is 0 Å². The molecule has 0 saturated carbocycles. The number of aryl methyl sites for hydroxylation is 1. The van der Waals surface area contributed by atoms with Gasteiger partial charge in [-0.15, -0.1) is 0 Å². The highest BCUT2D eigenvalue weighted by Crippen LogP contribution is 2.23. The number of rotatable bonds is 1. The number of anilines is 1. The van der Waals surface area contributed by atoms with Crippen molar-refractivity contribution in [1.29, 1.82) is 0 Å². The van der Waals surface area contributed by atoms with Crippen molar-refractivity contribution < 1.29 is 9.90 Å². The molecule has 4 heteroatoms. The number of nitrogens with two attached hydrogens (primary N) is 1. The molecule has 1 aromatic carbocycles. The number of aromatic amines is 1. The van der Waals surface area contributed by atoms with E-state index in [1.807, 2.05) is 13.0 Å². The van der Waals surface area contributed by atoms with Gasteiger partial charge >= 0.3 is 5.97 Å². The minimum atomic E-state index is -0.961. The zero-order chi connectivity index (χ0) is 10.3. The van der Waals surface area contributed by atoms with Crippen LogP contribution < -0.4 is 5.73 Å². The van der Waals surface area contributed by atoms with Crippen LogP contribution >= 0.6 is 0 Å². The average molecular weight is 190 g/mol. The normalized spacial score (nSPS) is 10.6. The first-order chi connectivity index (χ1) is 6.58. The van der Waals surface area contributed by atoms with Crippen LogP contribution in [0.3, 0.4) is 0 Å². The molecule has 2 aromatic rings. The molecule has 2 rings (SSSR count). The minimum absolute atomic E-state index is 0.217. The SMILES string of the molecule is Cc1cc2cc(C(=O)O)cc(N)c2[nH]1. The molecule has 0 fully saturated rings. The van der Waals surface area contributed by atoms with Crippen molar-refractivity contribution in [3.8, 4) is 0 Å². The van der Waals surface area contributed by atoms with E-state index in [0.717, 1.165) is 16.6 Å². The smallest absolute Gasteiger partial charge is 0.335 e. The standard InChI is InChI=1S/C10H10N2O2/c1-5-2-6-3-7(10(13)14)4-8(11)9(6)12-5/h2-4,12H,11H2,1H3,(H,13,14). The van der Waals surface area contributed by atoms with Gasteiger partial charge in [0.25, 0.3) is 0 Å². The Morgan fingerprint density at radius 3 is 2.79 bits per heavy atom. The van der Waals surface area contributed by atoms with Crippen molar-refractivity contribution in [2.45, 2.75) is 6.92 Å². The summed E-state index contributed by atoms with van der Waals surface area (Å²) in [5.74, 6) is -0.961. The van der Waals surface area contributed by atoms with E-state index in [4.69, 9.17) is 10.8 Å². The van der Waals surface area contributed by atoms with Crippen LogP contribution in [0, 0.1) is 6.92 Å². The summed E-state index contributed by atoms with van der Waals surface area (Å²) >= 11 is 0. The predicted octanol–water partition coefficient (Wildman–Crippen LogP) is 1.76. The molecule has 0 aliphatic rings. The number of aromatic nitrogens is 1. The summed E-state index contributed by atoms with van der Waals surface area (Å²) in [6, 6.07) is 4.94. The molecule has 4 N–H and O–H groups in total. The van der Waals surface area contributed by atoms with Crippen LogP contribution in [0.15, 0.2) is 18.2 Å². The summed E-state index contributed by atoms with van der Waals surface area (Å²) in [6.45, 7) is 1.90. The van der Waals surface area contributed by atoms with E-state index in [2.05, 4.69) is 4.98 Å². The van der Waals surface area contributed by atoms with E-state index in [-0.39, 0.29) is 5.56 Å². The average Bonchev–Trinajstić information content (AvgIpc) is 2.45. The monoisotopic (exact) mass is 190 g/mol. The molecule has 4 nitrogen and oxygen atoms in total. The van der Waals surface area contributed by atoms with Crippen LogP contribution in [-0.4, -0.2) is 16.1 Å². The zero-order valence-electron chi connectivity index (χ0n) is 7.66. The molecule has 0 unspecified atom stereocenters. The van der Waals surface area contributed by atoms with Crippen molar-refractivity contribution in [2.75, 3.05) is 5.73 Å². The summed E-state index contributed by atoms with van der Waals surface area (Å²) in [6.07, 6.45) is 0. The van der Waals surface area contributed by atoms with Crippen LogP contribution in [0.25, 0.3) is 10.9 Å². The Balaban J connectivity index is 2.77. The minimum Gasteiger partial charge on any atom is -0.478 e. The Labute approximate surface area is 80.3 Å². The van der Waals surface area contributed by atoms with Crippen molar-refractivity contribution in [3.05, 3.63) is 29.5 Å². The molecule has 1 aromatic heterocycles. The fourth-order valence-corrected chi connectivity index (χ4v) is 1.54. The van der Waals surface area contributed by atoms with Gasteiger partial charge in [-0.25, -0.2) is 4.79 Å². The van der Waals surface area contributed by atoms with E-state index in [9.17, 15) is 4.79 Å². The molecular weight excluding hydrogens is 180 g/mol. The van der Waals surface area contributed by atoms with Gasteiger partial charge in [0.1, 0.15) is 0 Å². The van der Waals surface area contributed by atoms with Gasteiger partial charge < -0.3 is 15.8 Å². The summed E-state index contributed by atoms with van der Waals surface area (Å²) in [5, 5.41) is 9.64. The fourth-order valence-electron chi connectivity index (χ4n) is 1.54. The second kappa shape index (κ2) is 2.77. The lowest BCUT2D eigenvalue weighted by atomic mass is 10.1. The number of nitrogens with one attached hydrogen (secondary N) is 1. The molecule has 1 heterocycles. The van der Waals surface area contributed by atoms with Gasteiger partial charge in [0.05, 0.1) is 16.8 Å². The Morgan fingerprint density at radius 2 is 2.14 bits per heavy atom. The number of aromatic carboxylic acids is 1. The zero-order valence-corrected chi connectivity index (χ0v) is 7.66. The molecule has 0 atom stereocenters. The van der Waals surface area contributed by atoms with E-state index in [0.29, 0.717) is 5.69 Å². The summed E-state index contributed by atoms with van der Waals surface area (Å²) in [5.41, 5.74) is 8.16. The van der Waals surface area contributed by atoms with Crippen LogP contribution in [0.4, 0.5) is 5.69 Å². The predicted molar refractivity (Wildman–Crippen MR) is 54.4 cm³/mol. The number of fused-ring (bicyclic) bond motifs is 1. The number of nitrogen functional groups attached to an aromatic ring is 1. The maximum atomic E-state index is 10.7. The van der Waals surface area contributed by atoms with Crippen LogP contribution in [0.2, 0.25) is 0 Å². The highest BCUT2D eigenvalue weighted by Gasteiger charge is 2.08. The molecule has 0 aliphatic carbocycles. The maximum Gasteiger partial charge on any atom is 0.335 e. The van der Waals surface area contributed by atoms with Crippen molar-refractivity contribution in [3.63, 3.8) is 0 Å². The Hall–Kier alpha value is -1.97. The largest absolute Gasteiger partial charge is 0.478 e. The molecule has 14 heavy (non-hydrogen) atoms. The molecule has 0 spiro atoms. The van der Waals surface area contributed by atoms with Gasteiger partial charge in [0, 0.05) is 11.1 Å². The van der Waals surface area contributed by atoms with Crippen LogP contribution in [-0.2, 0) is 0 Å². The lowest BCUT2D eigenvalue weighted by molar-refractivity contribution is 0.0697. The third-order valence-corrected chi connectivity index (χ3v) is 2.14. The second-order valence-electron chi connectivity index (χ2n) is 3.29. The van der Waals surface area contributed by atoms with Gasteiger partial charge in [-0.05, 0) is 25.1 Å². The van der Waals surface area contributed by atoms with Crippen molar-refractivity contribution >= 4 is 22.6 Å². The first-order valence-electron chi connectivity index (χ1n) is 4.20. The summed E-state index contributed by atoms with van der Waals surface area (Å²) in [7, 11) is 0. The van der Waals surface area contributed by atoms with Gasteiger partial charge in [-0.3, -0.25) is 0 Å². The van der Waals surface area contributed by atoms with Crippen molar-refractivity contribution in [1.82, 2.24) is 4.98 Å². The third-order valence-electron chi connectivity index (χ3n) is 2.14. The molecule has 0 aliphatic heterocycles. The maximum absolute atomic E-state index is 10.7. The molecule has 0 amide bonds. The van der Waals surface area contributed by atoms with Gasteiger partial charge in [0.15, 0.2) is 0 Å².